The first-order chi connectivity index (χ1) is 13.0. The van der Waals surface area contributed by atoms with Crippen molar-refractivity contribution in [3.63, 3.8) is 0 Å². The fourth-order valence-electron chi connectivity index (χ4n) is 3.19. The third-order valence-corrected chi connectivity index (χ3v) is 4.60. The molecule has 0 radical (unpaired) electrons. The molecule has 0 saturated carbocycles. The number of carbonyl (C=O) groups excluding carboxylic acids is 1. The number of hydrogen-bond donors (Lipinski definition) is 0. The lowest BCUT2D eigenvalue weighted by atomic mass is 10.1. The average molecular weight is 359 g/mol. The van der Waals surface area contributed by atoms with Gasteiger partial charge < -0.3 is 14.0 Å². The molecule has 0 unspecified atom stereocenters. The van der Waals surface area contributed by atoms with Gasteiger partial charge >= 0.3 is 0 Å². The van der Waals surface area contributed by atoms with E-state index in [9.17, 15) is 4.79 Å². The summed E-state index contributed by atoms with van der Waals surface area (Å²) in [6.07, 6.45) is 5.82. The van der Waals surface area contributed by atoms with Crippen LogP contribution in [0.25, 0.3) is 17.0 Å². The van der Waals surface area contributed by atoms with E-state index in [0.29, 0.717) is 29.4 Å². The van der Waals surface area contributed by atoms with Crippen molar-refractivity contribution in [2.75, 3.05) is 6.61 Å². The highest BCUT2D eigenvalue weighted by Crippen LogP contribution is 2.35. The fourth-order valence-corrected chi connectivity index (χ4v) is 3.19. The minimum atomic E-state index is -0.103. The van der Waals surface area contributed by atoms with Crippen LogP contribution in [-0.2, 0) is 7.05 Å². The molecule has 0 saturated heterocycles. The topological polar surface area (TPSA) is 40.5 Å². The van der Waals surface area contributed by atoms with E-state index in [1.165, 1.54) is 5.57 Å². The Morgan fingerprint density at radius 3 is 2.81 bits per heavy atom. The number of fused-ring (bicyclic) bond motifs is 2. The summed E-state index contributed by atoms with van der Waals surface area (Å²) in [6.45, 7) is 4.55. The van der Waals surface area contributed by atoms with Crippen molar-refractivity contribution in [1.82, 2.24) is 4.57 Å². The van der Waals surface area contributed by atoms with Gasteiger partial charge in [-0.1, -0.05) is 23.8 Å². The summed E-state index contributed by atoms with van der Waals surface area (Å²) in [5, 5.41) is 1.09. The highest BCUT2D eigenvalue weighted by molar-refractivity contribution is 6.15. The van der Waals surface area contributed by atoms with Crippen LogP contribution in [0, 0.1) is 0 Å². The number of rotatable bonds is 4. The molecular formula is C23H21NO3. The van der Waals surface area contributed by atoms with Gasteiger partial charge in [-0.25, -0.2) is 0 Å². The summed E-state index contributed by atoms with van der Waals surface area (Å²) < 4.78 is 13.6. The van der Waals surface area contributed by atoms with E-state index in [2.05, 4.69) is 6.07 Å². The van der Waals surface area contributed by atoms with Gasteiger partial charge in [0.15, 0.2) is 5.76 Å². The van der Waals surface area contributed by atoms with Crippen molar-refractivity contribution in [2.24, 2.45) is 7.05 Å². The molecule has 3 aromatic rings. The maximum atomic E-state index is 12.7. The minimum absolute atomic E-state index is 0.103. The number of carbonyl (C=O) groups is 1. The van der Waals surface area contributed by atoms with E-state index in [1.54, 1.807) is 18.2 Å². The van der Waals surface area contributed by atoms with Gasteiger partial charge in [0.25, 0.3) is 0 Å². The summed E-state index contributed by atoms with van der Waals surface area (Å²) in [4.78, 5) is 12.7. The third kappa shape index (κ3) is 3.26. The minimum Gasteiger partial charge on any atom is -0.489 e. The fraction of sp³-hybridized carbons (Fsp3) is 0.174. The first-order valence-corrected chi connectivity index (χ1v) is 8.91. The quantitative estimate of drug-likeness (QED) is 0.478. The second-order valence-electron chi connectivity index (χ2n) is 6.90. The molecule has 0 N–H and O–H groups in total. The number of hydrogen-bond acceptors (Lipinski definition) is 3. The van der Waals surface area contributed by atoms with Gasteiger partial charge in [0.2, 0.25) is 5.78 Å². The van der Waals surface area contributed by atoms with Gasteiger partial charge in [-0.15, -0.1) is 0 Å². The highest BCUT2D eigenvalue weighted by Gasteiger charge is 2.28. The van der Waals surface area contributed by atoms with E-state index in [4.69, 9.17) is 9.47 Å². The Bertz CT molecular complexity index is 1100. The van der Waals surface area contributed by atoms with Gasteiger partial charge in [-0.05, 0) is 44.2 Å². The number of allylic oxidation sites excluding steroid dienone is 2. The van der Waals surface area contributed by atoms with Crippen molar-refractivity contribution < 1.29 is 14.3 Å². The van der Waals surface area contributed by atoms with Gasteiger partial charge in [0, 0.05) is 35.8 Å². The molecule has 0 bridgehead atoms. The van der Waals surface area contributed by atoms with Crippen molar-refractivity contribution in [1.29, 1.82) is 0 Å². The van der Waals surface area contributed by atoms with Crippen molar-refractivity contribution in [3.8, 4) is 11.5 Å². The summed E-state index contributed by atoms with van der Waals surface area (Å²) in [7, 11) is 1.99. The standard InChI is InChI=1S/C23H21NO3/c1-15(2)10-11-26-17-8-9-19-21(13-17)27-22(23(19)25)12-16-14-24(3)20-7-5-4-6-18(16)20/h4-10,12-14H,11H2,1-3H3/b22-12-. The number of ether oxygens (including phenoxy) is 2. The van der Waals surface area contributed by atoms with Crippen LogP contribution in [-0.4, -0.2) is 17.0 Å². The van der Waals surface area contributed by atoms with Crippen LogP contribution in [0.4, 0.5) is 0 Å². The number of Topliss-reactive ketones (excluding diaryl/α,β-unsaturated/α-hetero) is 1. The lowest BCUT2D eigenvalue weighted by molar-refractivity contribution is 0.101. The second kappa shape index (κ2) is 6.80. The summed E-state index contributed by atoms with van der Waals surface area (Å²) >= 11 is 0. The summed E-state index contributed by atoms with van der Waals surface area (Å²) in [6, 6.07) is 13.4. The number of aromatic nitrogens is 1. The van der Waals surface area contributed by atoms with Gasteiger partial charge in [-0.3, -0.25) is 4.79 Å². The van der Waals surface area contributed by atoms with E-state index >= 15 is 0 Å². The molecule has 1 aliphatic heterocycles. The first kappa shape index (κ1) is 17.2. The highest BCUT2D eigenvalue weighted by atomic mass is 16.5. The van der Waals surface area contributed by atoms with Gasteiger partial charge in [0.1, 0.15) is 18.1 Å². The molecule has 0 atom stereocenters. The Morgan fingerprint density at radius 2 is 2.00 bits per heavy atom. The molecule has 27 heavy (non-hydrogen) atoms. The largest absolute Gasteiger partial charge is 0.489 e. The molecule has 2 aromatic carbocycles. The molecule has 4 rings (SSSR count). The lowest BCUT2D eigenvalue weighted by Crippen LogP contribution is -1.97. The molecule has 4 heteroatoms. The zero-order chi connectivity index (χ0) is 19.0. The van der Waals surface area contributed by atoms with E-state index in [1.807, 2.05) is 62.0 Å². The molecule has 1 aromatic heterocycles. The Labute approximate surface area is 158 Å². The first-order valence-electron chi connectivity index (χ1n) is 8.91. The number of benzene rings is 2. The number of nitrogens with zero attached hydrogens (tertiary/aromatic N) is 1. The van der Waals surface area contributed by atoms with E-state index in [-0.39, 0.29) is 5.78 Å². The van der Waals surface area contributed by atoms with Crippen LogP contribution in [0.15, 0.2) is 66.1 Å². The summed E-state index contributed by atoms with van der Waals surface area (Å²) in [5.41, 5.74) is 3.84. The van der Waals surface area contributed by atoms with Crippen LogP contribution < -0.4 is 9.47 Å². The predicted molar refractivity (Wildman–Crippen MR) is 107 cm³/mol. The second-order valence-corrected chi connectivity index (χ2v) is 6.90. The molecule has 0 amide bonds. The maximum absolute atomic E-state index is 12.7. The number of aryl methyl sites for hydroxylation is 1. The molecule has 0 fully saturated rings. The molecule has 136 valence electrons. The van der Waals surface area contributed by atoms with Crippen LogP contribution in [0.1, 0.15) is 29.8 Å². The SMILES string of the molecule is CC(C)=CCOc1ccc2c(c1)O/C(=C\c1cn(C)c3ccccc13)C2=O. The average Bonchev–Trinajstić information content (AvgIpc) is 3.13. The molecule has 1 aliphatic rings. The molecular weight excluding hydrogens is 338 g/mol. The maximum Gasteiger partial charge on any atom is 0.231 e. The van der Waals surface area contributed by atoms with Crippen LogP contribution >= 0.6 is 0 Å². The van der Waals surface area contributed by atoms with E-state index in [0.717, 1.165) is 16.5 Å². The zero-order valence-corrected chi connectivity index (χ0v) is 15.7. The van der Waals surface area contributed by atoms with E-state index < -0.39 is 0 Å². The number of para-hydroxylation sites is 1. The zero-order valence-electron chi connectivity index (χ0n) is 15.7. The molecule has 0 spiro atoms. The predicted octanol–water partition coefficient (Wildman–Crippen LogP) is 5.14. The van der Waals surface area contributed by atoms with Gasteiger partial charge in [-0.2, -0.15) is 0 Å². The van der Waals surface area contributed by atoms with Gasteiger partial charge in [0.05, 0.1) is 5.56 Å². The third-order valence-electron chi connectivity index (χ3n) is 4.60. The van der Waals surface area contributed by atoms with Crippen molar-refractivity contribution in [3.05, 3.63) is 77.2 Å². The Morgan fingerprint density at radius 1 is 1.19 bits per heavy atom. The van der Waals surface area contributed by atoms with Crippen LogP contribution in [0.2, 0.25) is 0 Å². The van der Waals surface area contributed by atoms with Crippen molar-refractivity contribution >= 4 is 22.8 Å². The lowest BCUT2D eigenvalue weighted by Gasteiger charge is -2.05. The van der Waals surface area contributed by atoms with Crippen molar-refractivity contribution in [2.45, 2.75) is 13.8 Å². The van der Waals surface area contributed by atoms with Crippen LogP contribution in [0.5, 0.6) is 11.5 Å². The molecule has 2 heterocycles. The normalized spacial score (nSPS) is 14.3. The Balaban J connectivity index is 1.63. The monoisotopic (exact) mass is 359 g/mol. The Kier molecular flexibility index (Phi) is 4.32. The Hall–Kier alpha value is -3.27. The number of ketones is 1. The van der Waals surface area contributed by atoms with Crippen LogP contribution in [0.3, 0.4) is 0 Å². The molecule has 4 nitrogen and oxygen atoms in total. The molecule has 0 aliphatic carbocycles. The smallest absolute Gasteiger partial charge is 0.231 e. The summed E-state index contributed by atoms with van der Waals surface area (Å²) in [5.74, 6) is 1.46.